The van der Waals surface area contributed by atoms with Crippen molar-refractivity contribution in [1.29, 1.82) is 0 Å². The third kappa shape index (κ3) is 3.00. The molecule has 0 aliphatic carbocycles. The number of carbonyl (C=O) groups is 1. The van der Waals surface area contributed by atoms with Crippen LogP contribution in [0.3, 0.4) is 0 Å². The molecule has 1 amide bonds. The molecule has 0 atom stereocenters. The summed E-state index contributed by atoms with van der Waals surface area (Å²) in [4.78, 5) is 18.9. The van der Waals surface area contributed by atoms with Crippen LogP contribution in [0.1, 0.15) is 17.3 Å². The Morgan fingerprint density at radius 3 is 3.24 bits per heavy atom. The summed E-state index contributed by atoms with van der Waals surface area (Å²) >= 11 is 1.82. The zero-order valence-electron chi connectivity index (χ0n) is 9.69. The van der Waals surface area contributed by atoms with E-state index in [0.29, 0.717) is 12.1 Å². The SMILES string of the molecule is CCSCCNC(=O)c1ccc2nc[nH]c2c1. The molecule has 0 unspecified atom stereocenters. The summed E-state index contributed by atoms with van der Waals surface area (Å²) < 4.78 is 0. The number of H-pyrrole nitrogens is 1. The summed E-state index contributed by atoms with van der Waals surface area (Å²) in [6.07, 6.45) is 1.63. The highest BCUT2D eigenvalue weighted by molar-refractivity contribution is 7.99. The molecule has 90 valence electrons. The van der Waals surface area contributed by atoms with Crippen LogP contribution in [0.2, 0.25) is 0 Å². The number of aromatic nitrogens is 2. The number of thioether (sulfide) groups is 1. The maximum atomic E-state index is 11.8. The first-order valence-corrected chi connectivity index (χ1v) is 6.76. The standard InChI is InChI=1S/C12H15N3OS/c1-2-17-6-5-13-12(16)9-3-4-10-11(7-9)15-8-14-10/h3-4,7-8H,2,5-6H2,1H3,(H,13,16)(H,14,15). The first kappa shape index (κ1) is 12.0. The van der Waals surface area contributed by atoms with Gasteiger partial charge in [0.15, 0.2) is 0 Å². The maximum absolute atomic E-state index is 11.8. The Morgan fingerprint density at radius 1 is 1.53 bits per heavy atom. The van der Waals surface area contributed by atoms with Gasteiger partial charge in [0.05, 0.1) is 17.4 Å². The second-order valence-electron chi connectivity index (χ2n) is 3.59. The van der Waals surface area contributed by atoms with E-state index >= 15 is 0 Å². The van der Waals surface area contributed by atoms with Gasteiger partial charge in [-0.3, -0.25) is 4.79 Å². The third-order valence-corrected chi connectivity index (χ3v) is 3.32. The van der Waals surface area contributed by atoms with E-state index in [1.807, 2.05) is 23.9 Å². The van der Waals surface area contributed by atoms with Gasteiger partial charge < -0.3 is 10.3 Å². The number of rotatable bonds is 5. The lowest BCUT2D eigenvalue weighted by molar-refractivity contribution is 0.0956. The normalized spacial score (nSPS) is 10.6. The van der Waals surface area contributed by atoms with Crippen LogP contribution in [0.5, 0.6) is 0 Å². The fourth-order valence-corrected chi connectivity index (χ4v) is 2.10. The Bertz CT molecular complexity index is 509. The highest BCUT2D eigenvalue weighted by Crippen LogP contribution is 2.11. The van der Waals surface area contributed by atoms with Crippen LogP contribution in [0, 0.1) is 0 Å². The molecular weight excluding hydrogens is 234 g/mol. The molecule has 0 saturated heterocycles. The first-order valence-electron chi connectivity index (χ1n) is 5.60. The molecular formula is C12H15N3OS. The zero-order valence-corrected chi connectivity index (χ0v) is 10.5. The molecule has 0 aliphatic heterocycles. The van der Waals surface area contributed by atoms with E-state index < -0.39 is 0 Å². The first-order chi connectivity index (χ1) is 8.31. The minimum Gasteiger partial charge on any atom is -0.351 e. The second kappa shape index (κ2) is 5.72. The molecule has 1 heterocycles. The van der Waals surface area contributed by atoms with Crippen molar-refractivity contribution >= 4 is 28.7 Å². The van der Waals surface area contributed by atoms with Crippen molar-refractivity contribution in [2.24, 2.45) is 0 Å². The smallest absolute Gasteiger partial charge is 0.251 e. The number of hydrogen-bond donors (Lipinski definition) is 2. The minimum absolute atomic E-state index is 0.0294. The molecule has 5 heteroatoms. The predicted molar refractivity (Wildman–Crippen MR) is 71.4 cm³/mol. The van der Waals surface area contributed by atoms with Gasteiger partial charge in [0.25, 0.3) is 5.91 Å². The molecule has 17 heavy (non-hydrogen) atoms. The van der Waals surface area contributed by atoms with E-state index in [1.165, 1.54) is 0 Å². The van der Waals surface area contributed by atoms with Crippen LogP contribution >= 0.6 is 11.8 Å². The number of fused-ring (bicyclic) bond motifs is 1. The molecule has 2 N–H and O–H groups in total. The number of imidazole rings is 1. The summed E-state index contributed by atoms with van der Waals surface area (Å²) in [5.74, 6) is 2.00. The number of aromatic amines is 1. The highest BCUT2D eigenvalue weighted by Gasteiger charge is 2.06. The van der Waals surface area contributed by atoms with Crippen molar-refractivity contribution in [3.05, 3.63) is 30.1 Å². The number of benzene rings is 1. The quantitative estimate of drug-likeness (QED) is 0.797. The van der Waals surface area contributed by atoms with Crippen LogP contribution in [0.15, 0.2) is 24.5 Å². The van der Waals surface area contributed by atoms with Crippen LogP contribution in [-0.4, -0.2) is 33.9 Å². The van der Waals surface area contributed by atoms with Gasteiger partial charge in [-0.25, -0.2) is 4.98 Å². The topological polar surface area (TPSA) is 57.8 Å². The average Bonchev–Trinajstić information content (AvgIpc) is 2.81. The van der Waals surface area contributed by atoms with Crippen molar-refractivity contribution in [3.63, 3.8) is 0 Å². The Balaban J connectivity index is 1.98. The van der Waals surface area contributed by atoms with Gasteiger partial charge in [0, 0.05) is 17.9 Å². The van der Waals surface area contributed by atoms with Gasteiger partial charge in [-0.1, -0.05) is 6.92 Å². The monoisotopic (exact) mass is 249 g/mol. The summed E-state index contributed by atoms with van der Waals surface area (Å²) in [5.41, 5.74) is 2.44. The lowest BCUT2D eigenvalue weighted by atomic mass is 10.2. The van der Waals surface area contributed by atoms with Crippen LogP contribution in [0.25, 0.3) is 11.0 Å². The number of carbonyl (C=O) groups excluding carboxylic acids is 1. The Kier molecular flexibility index (Phi) is 4.03. The van der Waals surface area contributed by atoms with Gasteiger partial charge >= 0.3 is 0 Å². The fraction of sp³-hybridized carbons (Fsp3) is 0.333. The predicted octanol–water partition coefficient (Wildman–Crippen LogP) is 2.05. The average molecular weight is 249 g/mol. The molecule has 0 spiro atoms. The van der Waals surface area contributed by atoms with Crippen molar-refractivity contribution in [3.8, 4) is 0 Å². The van der Waals surface area contributed by atoms with Crippen LogP contribution in [0.4, 0.5) is 0 Å². The van der Waals surface area contributed by atoms with Gasteiger partial charge in [0.2, 0.25) is 0 Å². The van der Waals surface area contributed by atoms with E-state index in [9.17, 15) is 4.79 Å². The molecule has 0 radical (unpaired) electrons. The molecule has 0 bridgehead atoms. The number of amides is 1. The molecule has 0 fully saturated rings. The third-order valence-electron chi connectivity index (χ3n) is 2.42. The molecule has 2 aromatic rings. The van der Waals surface area contributed by atoms with Crippen LogP contribution < -0.4 is 5.32 Å². The molecule has 1 aromatic carbocycles. The summed E-state index contributed by atoms with van der Waals surface area (Å²) in [5, 5.41) is 2.90. The molecule has 1 aromatic heterocycles. The van der Waals surface area contributed by atoms with Crippen molar-refractivity contribution < 1.29 is 4.79 Å². The lowest BCUT2D eigenvalue weighted by Gasteiger charge is -2.04. The fourth-order valence-electron chi connectivity index (χ4n) is 1.56. The lowest BCUT2D eigenvalue weighted by Crippen LogP contribution is -2.25. The molecule has 0 aliphatic rings. The highest BCUT2D eigenvalue weighted by atomic mass is 32.2. The number of nitrogens with one attached hydrogen (secondary N) is 2. The second-order valence-corrected chi connectivity index (χ2v) is 4.98. The zero-order chi connectivity index (χ0) is 12.1. The van der Waals surface area contributed by atoms with Gasteiger partial charge in [-0.2, -0.15) is 11.8 Å². The van der Waals surface area contributed by atoms with Gasteiger partial charge in [-0.15, -0.1) is 0 Å². The van der Waals surface area contributed by atoms with E-state index in [4.69, 9.17) is 0 Å². The number of nitrogens with zero attached hydrogens (tertiary/aromatic N) is 1. The number of hydrogen-bond acceptors (Lipinski definition) is 3. The van der Waals surface area contributed by atoms with Crippen molar-refractivity contribution in [2.75, 3.05) is 18.1 Å². The van der Waals surface area contributed by atoms with Crippen LogP contribution in [-0.2, 0) is 0 Å². The molecule has 4 nitrogen and oxygen atoms in total. The Labute approximate surface area is 104 Å². The van der Waals surface area contributed by atoms with E-state index in [0.717, 1.165) is 22.5 Å². The molecule has 0 saturated carbocycles. The van der Waals surface area contributed by atoms with Crippen molar-refractivity contribution in [2.45, 2.75) is 6.92 Å². The largest absolute Gasteiger partial charge is 0.351 e. The Morgan fingerprint density at radius 2 is 2.41 bits per heavy atom. The summed E-state index contributed by atoms with van der Waals surface area (Å²) in [6.45, 7) is 2.82. The molecule has 2 rings (SSSR count). The Hall–Kier alpha value is -1.49. The maximum Gasteiger partial charge on any atom is 0.251 e. The summed E-state index contributed by atoms with van der Waals surface area (Å²) in [6, 6.07) is 5.47. The van der Waals surface area contributed by atoms with E-state index in [1.54, 1.807) is 12.4 Å². The summed E-state index contributed by atoms with van der Waals surface area (Å²) in [7, 11) is 0. The van der Waals surface area contributed by atoms with Gasteiger partial charge in [-0.05, 0) is 24.0 Å². The van der Waals surface area contributed by atoms with Crippen molar-refractivity contribution in [1.82, 2.24) is 15.3 Å². The minimum atomic E-state index is -0.0294. The van der Waals surface area contributed by atoms with E-state index in [2.05, 4.69) is 22.2 Å². The van der Waals surface area contributed by atoms with Gasteiger partial charge in [0.1, 0.15) is 0 Å². The van der Waals surface area contributed by atoms with E-state index in [-0.39, 0.29) is 5.91 Å².